The van der Waals surface area contributed by atoms with Crippen LogP contribution in [0.4, 0.5) is 5.82 Å². The van der Waals surface area contributed by atoms with Crippen molar-refractivity contribution in [3.05, 3.63) is 65.1 Å². The molecular formula is C18H17N5S. The zero-order chi connectivity index (χ0) is 16.2. The number of nitrogens with one attached hydrogen (secondary N) is 2. The molecule has 1 aliphatic rings. The first-order valence-corrected chi connectivity index (χ1v) is 8.79. The minimum absolute atomic E-state index is 0.686. The van der Waals surface area contributed by atoms with Gasteiger partial charge in [0.15, 0.2) is 0 Å². The molecule has 1 aromatic carbocycles. The molecule has 24 heavy (non-hydrogen) atoms. The smallest absolute Gasteiger partial charge is 0.137 e. The van der Waals surface area contributed by atoms with Gasteiger partial charge < -0.3 is 10.6 Å². The molecule has 0 aliphatic carbocycles. The maximum atomic E-state index is 4.41. The molecule has 0 spiro atoms. The van der Waals surface area contributed by atoms with Crippen molar-refractivity contribution in [1.82, 2.24) is 20.3 Å². The van der Waals surface area contributed by atoms with Gasteiger partial charge in [0, 0.05) is 41.7 Å². The van der Waals surface area contributed by atoms with E-state index in [-0.39, 0.29) is 0 Å². The highest BCUT2D eigenvalue weighted by Gasteiger charge is 2.08. The van der Waals surface area contributed by atoms with Crippen LogP contribution in [0.15, 0.2) is 54.0 Å². The van der Waals surface area contributed by atoms with E-state index in [1.54, 1.807) is 12.5 Å². The van der Waals surface area contributed by atoms with E-state index in [1.807, 2.05) is 36.2 Å². The van der Waals surface area contributed by atoms with E-state index in [0.717, 1.165) is 34.7 Å². The number of hydrogen-bond acceptors (Lipinski definition) is 6. The second-order valence-corrected chi connectivity index (χ2v) is 6.64. The monoisotopic (exact) mass is 335 g/mol. The summed E-state index contributed by atoms with van der Waals surface area (Å²) in [6.45, 7) is 1.63. The fraction of sp³-hybridized carbons (Fsp3) is 0.167. The molecule has 0 amide bonds. The van der Waals surface area contributed by atoms with E-state index in [4.69, 9.17) is 0 Å². The number of nitrogens with zero attached hydrogens (tertiary/aromatic N) is 3. The number of aromatic nitrogens is 3. The number of hydrogen-bond donors (Lipinski definition) is 2. The molecule has 6 heteroatoms. The second kappa shape index (κ2) is 6.98. The van der Waals surface area contributed by atoms with Crippen LogP contribution in [0.25, 0.3) is 17.0 Å². The summed E-state index contributed by atoms with van der Waals surface area (Å²) in [6, 6.07) is 10.3. The summed E-state index contributed by atoms with van der Waals surface area (Å²) in [6.07, 6.45) is 7.46. The van der Waals surface area contributed by atoms with Gasteiger partial charge in [0.25, 0.3) is 0 Å². The van der Waals surface area contributed by atoms with Crippen molar-refractivity contribution in [2.75, 3.05) is 17.7 Å². The van der Waals surface area contributed by atoms with Gasteiger partial charge in [0.05, 0.1) is 5.52 Å². The Balaban J connectivity index is 1.63. The molecule has 2 N–H and O–H groups in total. The molecule has 120 valence electrons. The molecule has 1 fully saturated rings. The summed E-state index contributed by atoms with van der Waals surface area (Å²) in [7, 11) is 0. The third-order valence-electron chi connectivity index (χ3n) is 3.83. The Morgan fingerprint density at radius 2 is 2.25 bits per heavy atom. The molecule has 5 nitrogen and oxygen atoms in total. The van der Waals surface area contributed by atoms with Crippen LogP contribution < -0.4 is 10.6 Å². The Bertz CT molecular complexity index is 871. The Labute approximate surface area is 144 Å². The van der Waals surface area contributed by atoms with Gasteiger partial charge in [-0.1, -0.05) is 12.1 Å². The van der Waals surface area contributed by atoms with Gasteiger partial charge in [-0.3, -0.25) is 4.98 Å². The Kier molecular flexibility index (Phi) is 4.40. The number of anilines is 1. The second-order valence-electron chi connectivity index (χ2n) is 5.54. The fourth-order valence-electron chi connectivity index (χ4n) is 2.64. The van der Waals surface area contributed by atoms with Gasteiger partial charge in [-0.25, -0.2) is 9.97 Å². The minimum atomic E-state index is 0.686. The largest absolute Gasteiger partial charge is 0.365 e. The van der Waals surface area contributed by atoms with Crippen molar-refractivity contribution in [3.8, 4) is 0 Å². The normalized spacial score (nSPS) is 15.9. The third kappa shape index (κ3) is 3.39. The Morgan fingerprint density at radius 3 is 3.08 bits per heavy atom. The first-order valence-electron chi connectivity index (χ1n) is 7.80. The molecule has 0 saturated carbocycles. The molecular weight excluding hydrogens is 318 g/mol. The van der Waals surface area contributed by atoms with Crippen LogP contribution in [-0.2, 0) is 6.54 Å². The first kappa shape index (κ1) is 15.1. The van der Waals surface area contributed by atoms with Crippen molar-refractivity contribution < 1.29 is 0 Å². The van der Waals surface area contributed by atoms with E-state index < -0.39 is 0 Å². The number of fused-ring (bicyclic) bond motifs is 1. The highest BCUT2D eigenvalue weighted by atomic mass is 32.2. The van der Waals surface area contributed by atoms with Gasteiger partial charge >= 0.3 is 0 Å². The first-order chi connectivity index (χ1) is 11.9. The minimum Gasteiger partial charge on any atom is -0.365 e. The molecule has 3 aromatic rings. The third-order valence-corrected chi connectivity index (χ3v) is 4.81. The van der Waals surface area contributed by atoms with E-state index >= 15 is 0 Å². The van der Waals surface area contributed by atoms with Crippen molar-refractivity contribution in [2.24, 2.45) is 0 Å². The van der Waals surface area contributed by atoms with Crippen molar-refractivity contribution in [3.63, 3.8) is 0 Å². The zero-order valence-corrected chi connectivity index (χ0v) is 13.9. The molecule has 0 unspecified atom stereocenters. The van der Waals surface area contributed by atoms with Gasteiger partial charge in [-0.2, -0.15) is 0 Å². The molecule has 0 atom stereocenters. The summed E-state index contributed by atoms with van der Waals surface area (Å²) in [5.74, 6) is 1.83. The lowest BCUT2D eigenvalue weighted by Gasteiger charge is -2.09. The zero-order valence-electron chi connectivity index (χ0n) is 13.1. The lowest BCUT2D eigenvalue weighted by molar-refractivity contribution is 0.916. The van der Waals surface area contributed by atoms with Crippen molar-refractivity contribution in [1.29, 1.82) is 0 Å². The lowest BCUT2D eigenvalue weighted by atomic mass is 10.1. The standard InChI is InChI=1S/C18H17N5S/c1-2-14(8-19-5-1)9-21-18-16-7-13(6-15-10-20-12-24-15)3-4-17(16)22-11-23-18/h1-8,11,20H,9-10,12H2,(H,21,22,23). The van der Waals surface area contributed by atoms with Crippen LogP contribution in [-0.4, -0.2) is 27.4 Å². The maximum absolute atomic E-state index is 4.41. The van der Waals surface area contributed by atoms with Crippen LogP contribution in [0, 0.1) is 0 Å². The molecule has 4 rings (SSSR count). The molecule has 2 aromatic heterocycles. The molecule has 1 aliphatic heterocycles. The SMILES string of the molecule is C(=C1CNCS1)c1ccc2ncnc(NCc3cccnc3)c2c1. The molecule has 0 bridgehead atoms. The van der Waals surface area contributed by atoms with Crippen molar-refractivity contribution in [2.45, 2.75) is 6.54 Å². The number of pyridine rings is 1. The lowest BCUT2D eigenvalue weighted by Crippen LogP contribution is -2.04. The highest BCUT2D eigenvalue weighted by Crippen LogP contribution is 2.26. The summed E-state index contributed by atoms with van der Waals surface area (Å²) in [4.78, 5) is 14.3. The van der Waals surface area contributed by atoms with E-state index in [9.17, 15) is 0 Å². The van der Waals surface area contributed by atoms with Crippen LogP contribution in [0.1, 0.15) is 11.1 Å². The topological polar surface area (TPSA) is 62.7 Å². The number of benzene rings is 1. The predicted octanol–water partition coefficient (Wildman–Crippen LogP) is 3.27. The molecule has 0 radical (unpaired) electrons. The van der Waals surface area contributed by atoms with E-state index in [0.29, 0.717) is 6.54 Å². The molecule has 3 heterocycles. The fourth-order valence-corrected chi connectivity index (χ4v) is 3.45. The van der Waals surface area contributed by atoms with Crippen LogP contribution >= 0.6 is 11.8 Å². The summed E-state index contributed by atoms with van der Waals surface area (Å²) in [5.41, 5.74) is 3.24. The highest BCUT2D eigenvalue weighted by molar-refractivity contribution is 8.03. The van der Waals surface area contributed by atoms with Gasteiger partial charge in [0.2, 0.25) is 0 Å². The van der Waals surface area contributed by atoms with Gasteiger partial charge in [0.1, 0.15) is 12.1 Å². The van der Waals surface area contributed by atoms with Gasteiger partial charge in [-0.05, 0) is 35.4 Å². The summed E-state index contributed by atoms with van der Waals surface area (Å²) >= 11 is 1.85. The van der Waals surface area contributed by atoms with Crippen molar-refractivity contribution >= 4 is 34.6 Å². The van der Waals surface area contributed by atoms with Crippen LogP contribution in [0.3, 0.4) is 0 Å². The van der Waals surface area contributed by atoms with Crippen LogP contribution in [0.2, 0.25) is 0 Å². The van der Waals surface area contributed by atoms with Gasteiger partial charge in [-0.15, -0.1) is 11.8 Å². The van der Waals surface area contributed by atoms with Crippen LogP contribution in [0.5, 0.6) is 0 Å². The average molecular weight is 335 g/mol. The quantitative estimate of drug-likeness (QED) is 0.763. The Hall–Kier alpha value is -2.44. The maximum Gasteiger partial charge on any atom is 0.137 e. The summed E-state index contributed by atoms with van der Waals surface area (Å²) in [5, 5.41) is 7.76. The van der Waals surface area contributed by atoms with E-state index in [1.165, 1.54) is 10.5 Å². The van der Waals surface area contributed by atoms with E-state index in [2.05, 4.69) is 43.8 Å². The summed E-state index contributed by atoms with van der Waals surface area (Å²) < 4.78 is 0. The number of rotatable bonds is 4. The number of thioether (sulfide) groups is 1. The molecule has 1 saturated heterocycles. The average Bonchev–Trinajstić information content (AvgIpc) is 3.14. The predicted molar refractivity (Wildman–Crippen MR) is 99.5 cm³/mol. The Morgan fingerprint density at radius 1 is 1.25 bits per heavy atom.